The van der Waals surface area contributed by atoms with Gasteiger partial charge in [0.05, 0.1) is 11.6 Å². The number of carbonyl (C=O) groups is 1. The first kappa shape index (κ1) is 11.9. The molecule has 15 heavy (non-hydrogen) atoms. The van der Waals surface area contributed by atoms with E-state index in [9.17, 15) is 4.79 Å². The number of amides is 1. The zero-order valence-corrected chi connectivity index (χ0v) is 10.3. The maximum Gasteiger partial charge on any atom is 0.257 e. The van der Waals surface area contributed by atoms with E-state index in [2.05, 4.69) is 33.5 Å². The number of carbonyl (C=O) groups excluding carboxylic acids is 1. The van der Waals surface area contributed by atoms with Gasteiger partial charge in [0.2, 0.25) is 0 Å². The van der Waals surface area contributed by atoms with E-state index in [0.717, 1.165) is 0 Å². The van der Waals surface area contributed by atoms with Crippen LogP contribution in [0.4, 0.5) is 0 Å². The van der Waals surface area contributed by atoms with Crippen LogP contribution in [-0.4, -0.2) is 18.1 Å². The van der Waals surface area contributed by atoms with Gasteiger partial charge >= 0.3 is 0 Å². The molecule has 0 fully saturated rings. The third-order valence-electron chi connectivity index (χ3n) is 1.65. The van der Waals surface area contributed by atoms with Gasteiger partial charge in [-0.2, -0.15) is 0 Å². The first-order chi connectivity index (χ1) is 7.04. The van der Waals surface area contributed by atoms with Crippen LogP contribution in [0, 0.1) is 0 Å². The van der Waals surface area contributed by atoms with Crippen LogP contribution in [0.15, 0.2) is 22.7 Å². The number of methoxy groups -OCH3 is 1. The summed E-state index contributed by atoms with van der Waals surface area (Å²) in [5.41, 5.74) is 5.64. The number of ether oxygens (including phenoxy) is 1. The smallest absolute Gasteiger partial charge is 0.257 e. The third kappa shape index (κ3) is 3.17. The topological polar surface area (TPSA) is 64.3 Å². The van der Waals surface area contributed by atoms with E-state index in [1.807, 2.05) is 0 Å². The normalized spacial score (nSPS) is 9.47. The number of nitrogens with one attached hydrogen (secondary N) is 1. The van der Waals surface area contributed by atoms with Crippen molar-refractivity contribution in [1.82, 2.24) is 5.32 Å². The highest BCUT2D eigenvalue weighted by Gasteiger charge is 2.08. The summed E-state index contributed by atoms with van der Waals surface area (Å²) in [7, 11) is 1.55. The Bertz CT molecular complexity index is 409. The van der Waals surface area contributed by atoms with E-state index in [-0.39, 0.29) is 11.0 Å². The van der Waals surface area contributed by atoms with E-state index < -0.39 is 0 Å². The van der Waals surface area contributed by atoms with Gasteiger partial charge in [0.1, 0.15) is 5.75 Å². The zero-order valence-electron chi connectivity index (χ0n) is 7.91. The van der Waals surface area contributed by atoms with E-state index >= 15 is 0 Å². The summed E-state index contributed by atoms with van der Waals surface area (Å²) in [5.74, 6) is 0.313. The standard InChI is InChI=1S/C9H9BrN2O2S/c1-14-7-3-2-5(4-6(7)10)8(13)12-9(11)15/h2-4H,1H3,(H3,11,12,13,15). The van der Waals surface area contributed by atoms with Crippen LogP contribution < -0.4 is 15.8 Å². The summed E-state index contributed by atoms with van der Waals surface area (Å²) in [6, 6.07) is 4.93. The van der Waals surface area contributed by atoms with Crippen LogP contribution in [0.1, 0.15) is 10.4 Å². The minimum atomic E-state index is -0.342. The van der Waals surface area contributed by atoms with Gasteiger partial charge in [0, 0.05) is 5.56 Å². The SMILES string of the molecule is COc1ccc(C(=O)NC(N)=S)cc1Br. The molecule has 0 aromatic heterocycles. The summed E-state index contributed by atoms with van der Waals surface area (Å²) >= 11 is 7.84. The molecular weight excluding hydrogens is 280 g/mol. The molecule has 3 N–H and O–H groups in total. The molecule has 0 spiro atoms. The Kier molecular flexibility index (Phi) is 4.05. The molecule has 1 aromatic rings. The lowest BCUT2D eigenvalue weighted by molar-refractivity contribution is 0.0977. The van der Waals surface area contributed by atoms with Gasteiger partial charge < -0.3 is 10.5 Å². The third-order valence-corrected chi connectivity index (χ3v) is 2.37. The zero-order chi connectivity index (χ0) is 11.4. The van der Waals surface area contributed by atoms with Gasteiger partial charge in [-0.1, -0.05) is 0 Å². The van der Waals surface area contributed by atoms with Crippen LogP contribution in [0.3, 0.4) is 0 Å². The molecule has 0 radical (unpaired) electrons. The Morgan fingerprint density at radius 3 is 2.73 bits per heavy atom. The average molecular weight is 289 g/mol. The lowest BCUT2D eigenvalue weighted by Crippen LogP contribution is -2.34. The van der Waals surface area contributed by atoms with E-state index in [1.54, 1.807) is 25.3 Å². The van der Waals surface area contributed by atoms with Crippen LogP contribution >= 0.6 is 28.1 Å². The molecule has 0 heterocycles. The van der Waals surface area contributed by atoms with Gasteiger partial charge in [-0.3, -0.25) is 10.1 Å². The predicted molar refractivity (Wildman–Crippen MR) is 64.9 cm³/mol. The first-order valence-electron chi connectivity index (χ1n) is 3.99. The fourth-order valence-electron chi connectivity index (χ4n) is 0.992. The molecule has 1 rings (SSSR count). The van der Waals surface area contributed by atoms with Gasteiger partial charge in [-0.05, 0) is 46.3 Å². The lowest BCUT2D eigenvalue weighted by atomic mass is 10.2. The minimum absolute atomic E-state index is 0.0491. The second-order valence-electron chi connectivity index (χ2n) is 2.67. The summed E-state index contributed by atoms with van der Waals surface area (Å²) in [6.07, 6.45) is 0. The van der Waals surface area contributed by atoms with Crippen molar-refractivity contribution in [2.45, 2.75) is 0 Å². The summed E-state index contributed by atoms with van der Waals surface area (Å²) in [5, 5.41) is 2.28. The quantitative estimate of drug-likeness (QED) is 0.808. The highest BCUT2D eigenvalue weighted by molar-refractivity contribution is 9.10. The number of thiocarbonyl (C=S) groups is 1. The van der Waals surface area contributed by atoms with Crippen molar-refractivity contribution in [2.24, 2.45) is 5.73 Å². The minimum Gasteiger partial charge on any atom is -0.496 e. The lowest BCUT2D eigenvalue weighted by Gasteiger charge is -2.06. The first-order valence-corrected chi connectivity index (χ1v) is 5.19. The Morgan fingerprint density at radius 2 is 2.27 bits per heavy atom. The van der Waals surface area contributed by atoms with Crippen molar-refractivity contribution in [2.75, 3.05) is 7.11 Å². The highest BCUT2D eigenvalue weighted by Crippen LogP contribution is 2.25. The Hall–Kier alpha value is -1.14. The summed E-state index contributed by atoms with van der Waals surface area (Å²) in [4.78, 5) is 11.5. The van der Waals surface area contributed by atoms with Crippen molar-refractivity contribution in [3.8, 4) is 5.75 Å². The molecule has 0 saturated heterocycles. The van der Waals surface area contributed by atoms with Gasteiger partial charge in [0.25, 0.3) is 5.91 Å². The molecule has 1 amide bonds. The van der Waals surface area contributed by atoms with Crippen molar-refractivity contribution < 1.29 is 9.53 Å². The predicted octanol–water partition coefficient (Wildman–Crippen LogP) is 1.43. The number of hydrogen-bond acceptors (Lipinski definition) is 3. The molecule has 1 aromatic carbocycles. The van der Waals surface area contributed by atoms with E-state index in [0.29, 0.717) is 15.8 Å². The molecule has 4 nitrogen and oxygen atoms in total. The van der Waals surface area contributed by atoms with E-state index in [1.165, 1.54) is 0 Å². The summed E-state index contributed by atoms with van der Waals surface area (Å²) < 4.78 is 5.73. The number of rotatable bonds is 2. The Labute approximate surface area is 101 Å². The number of hydrogen-bond donors (Lipinski definition) is 2. The van der Waals surface area contributed by atoms with Gasteiger partial charge in [-0.15, -0.1) is 0 Å². The molecule has 0 aliphatic heterocycles. The second kappa shape index (κ2) is 5.09. The Balaban J connectivity index is 2.92. The molecule has 80 valence electrons. The van der Waals surface area contributed by atoms with Crippen molar-refractivity contribution in [3.05, 3.63) is 28.2 Å². The van der Waals surface area contributed by atoms with Crippen LogP contribution in [0.2, 0.25) is 0 Å². The molecule has 6 heteroatoms. The molecule has 0 bridgehead atoms. The Morgan fingerprint density at radius 1 is 1.60 bits per heavy atom. The molecule has 0 aliphatic carbocycles. The van der Waals surface area contributed by atoms with Crippen molar-refractivity contribution >= 4 is 39.2 Å². The van der Waals surface area contributed by atoms with Gasteiger partial charge in [0.15, 0.2) is 5.11 Å². The van der Waals surface area contributed by atoms with Crippen molar-refractivity contribution in [3.63, 3.8) is 0 Å². The van der Waals surface area contributed by atoms with Crippen LogP contribution in [0.25, 0.3) is 0 Å². The molecule has 0 saturated carbocycles. The number of benzene rings is 1. The van der Waals surface area contributed by atoms with E-state index in [4.69, 9.17) is 10.5 Å². The maximum atomic E-state index is 11.5. The fourth-order valence-corrected chi connectivity index (χ4v) is 1.63. The maximum absolute atomic E-state index is 11.5. The molecular formula is C9H9BrN2O2S. The average Bonchev–Trinajstić information content (AvgIpc) is 2.16. The molecule has 0 aliphatic rings. The highest BCUT2D eigenvalue weighted by atomic mass is 79.9. The van der Waals surface area contributed by atoms with Crippen molar-refractivity contribution in [1.29, 1.82) is 0 Å². The van der Waals surface area contributed by atoms with Gasteiger partial charge in [-0.25, -0.2) is 0 Å². The van der Waals surface area contributed by atoms with Crippen LogP contribution in [-0.2, 0) is 0 Å². The monoisotopic (exact) mass is 288 g/mol. The molecule has 0 atom stereocenters. The second-order valence-corrected chi connectivity index (χ2v) is 3.96. The summed E-state index contributed by atoms with van der Waals surface area (Å²) in [6.45, 7) is 0. The number of nitrogens with two attached hydrogens (primary N) is 1. The number of halogens is 1. The van der Waals surface area contributed by atoms with Crippen LogP contribution in [0.5, 0.6) is 5.75 Å². The fraction of sp³-hybridized carbons (Fsp3) is 0.111. The largest absolute Gasteiger partial charge is 0.496 e. The molecule has 0 unspecified atom stereocenters.